The van der Waals surface area contributed by atoms with E-state index in [-0.39, 0.29) is 4.32 Å². The van der Waals surface area contributed by atoms with Crippen LogP contribution in [0.4, 0.5) is 0 Å². The van der Waals surface area contributed by atoms with E-state index in [0.717, 1.165) is 16.7 Å². The maximum atomic E-state index is 12.3. The van der Waals surface area contributed by atoms with Gasteiger partial charge in [-0.3, -0.25) is 14.5 Å². The highest BCUT2D eigenvalue weighted by Gasteiger charge is 2.33. The van der Waals surface area contributed by atoms with Crippen LogP contribution in [0.25, 0.3) is 6.08 Å². The number of thiocarbonyl (C=S) groups is 1. The van der Waals surface area contributed by atoms with Crippen LogP contribution < -0.4 is 9.47 Å². The van der Waals surface area contributed by atoms with E-state index in [2.05, 4.69) is 6.07 Å². The zero-order chi connectivity index (χ0) is 19.1. The van der Waals surface area contributed by atoms with E-state index in [1.165, 1.54) is 7.11 Å². The highest BCUT2D eigenvalue weighted by Crippen LogP contribution is 2.34. The fourth-order valence-corrected chi connectivity index (χ4v) is 3.40. The molecule has 1 N–H and O–H groups in total. The van der Waals surface area contributed by atoms with E-state index < -0.39 is 18.4 Å². The number of hydrogen-bond donors (Lipinski definition) is 1. The number of carbonyl (C=O) groups is 2. The number of methoxy groups -OCH3 is 1. The van der Waals surface area contributed by atoms with Gasteiger partial charge in [-0.15, -0.1) is 0 Å². The number of hydrogen-bond acceptors (Lipinski definition) is 7. The molecule has 0 saturated carbocycles. The van der Waals surface area contributed by atoms with Gasteiger partial charge in [0.15, 0.2) is 11.5 Å². The second kappa shape index (κ2) is 9.22. The van der Waals surface area contributed by atoms with Crippen LogP contribution in [0.15, 0.2) is 23.1 Å². The monoisotopic (exact) mass is 392 g/mol. The van der Waals surface area contributed by atoms with E-state index in [1.807, 2.05) is 0 Å². The first-order valence-corrected chi connectivity index (χ1v) is 8.83. The van der Waals surface area contributed by atoms with Gasteiger partial charge in [-0.05, 0) is 30.2 Å². The molecule has 0 atom stereocenters. The zero-order valence-electron chi connectivity index (χ0n) is 13.9. The summed E-state index contributed by atoms with van der Waals surface area (Å²) >= 11 is 6.12. The van der Waals surface area contributed by atoms with Crippen LogP contribution in [-0.2, 0) is 9.59 Å². The lowest BCUT2D eigenvalue weighted by Crippen LogP contribution is -2.33. The Labute approximate surface area is 160 Å². The molecule has 7 nitrogen and oxygen atoms in total. The second-order valence-electron chi connectivity index (χ2n) is 5.18. The van der Waals surface area contributed by atoms with Crippen molar-refractivity contribution in [1.29, 1.82) is 5.26 Å². The summed E-state index contributed by atoms with van der Waals surface area (Å²) in [5.74, 6) is -0.516. The predicted molar refractivity (Wildman–Crippen MR) is 101 cm³/mol. The molecule has 1 fully saturated rings. The number of carboxylic acid groups (broad SMARTS) is 1. The third-order valence-corrected chi connectivity index (χ3v) is 4.72. The SMILES string of the molecule is COc1cc(/C=C2/SC(=S)N(CC(=O)O)C2=O)ccc1OCCCC#N. The third-order valence-electron chi connectivity index (χ3n) is 3.34. The molecule has 9 heteroatoms. The van der Waals surface area contributed by atoms with Gasteiger partial charge >= 0.3 is 5.97 Å². The molecule has 1 aromatic rings. The van der Waals surface area contributed by atoms with Crippen LogP contribution in [0.3, 0.4) is 0 Å². The number of unbranched alkanes of at least 4 members (excludes halogenated alkanes) is 1. The van der Waals surface area contributed by atoms with E-state index >= 15 is 0 Å². The Bertz CT molecular complexity index is 801. The number of aliphatic carboxylic acids is 1. The molecule has 1 heterocycles. The average Bonchev–Trinajstić information content (AvgIpc) is 2.86. The highest BCUT2D eigenvalue weighted by molar-refractivity contribution is 8.26. The van der Waals surface area contributed by atoms with Crippen LogP contribution in [0.5, 0.6) is 11.5 Å². The predicted octanol–water partition coefficient (Wildman–Crippen LogP) is 2.66. The van der Waals surface area contributed by atoms with E-state index in [0.29, 0.717) is 41.4 Å². The van der Waals surface area contributed by atoms with E-state index in [1.54, 1.807) is 24.3 Å². The Hall–Kier alpha value is -2.57. The molecule has 0 aromatic heterocycles. The molecular weight excluding hydrogens is 376 g/mol. The van der Waals surface area contributed by atoms with Crippen molar-refractivity contribution in [2.45, 2.75) is 12.8 Å². The summed E-state index contributed by atoms with van der Waals surface area (Å²) in [4.78, 5) is 24.5. The highest BCUT2D eigenvalue weighted by atomic mass is 32.2. The fourth-order valence-electron chi connectivity index (χ4n) is 2.15. The lowest BCUT2D eigenvalue weighted by Gasteiger charge is -2.11. The van der Waals surface area contributed by atoms with Gasteiger partial charge in [-0.1, -0.05) is 30.0 Å². The number of ether oxygens (including phenoxy) is 2. The van der Waals surface area contributed by atoms with E-state index in [4.69, 9.17) is 32.1 Å². The first-order valence-electron chi connectivity index (χ1n) is 7.61. The smallest absolute Gasteiger partial charge is 0.323 e. The van der Waals surface area contributed by atoms with Gasteiger partial charge in [-0.2, -0.15) is 5.26 Å². The molecule has 136 valence electrons. The molecule has 1 aromatic carbocycles. The lowest BCUT2D eigenvalue weighted by molar-refractivity contribution is -0.140. The Balaban J connectivity index is 2.15. The van der Waals surface area contributed by atoms with Gasteiger partial charge in [-0.25, -0.2) is 0 Å². The van der Waals surface area contributed by atoms with Crippen LogP contribution in [0, 0.1) is 11.3 Å². The maximum absolute atomic E-state index is 12.3. The molecule has 1 aliphatic rings. The van der Waals surface area contributed by atoms with E-state index in [9.17, 15) is 9.59 Å². The minimum absolute atomic E-state index is 0.216. The third kappa shape index (κ3) is 4.97. The van der Waals surface area contributed by atoms with Crippen molar-refractivity contribution in [3.63, 3.8) is 0 Å². The van der Waals surface area contributed by atoms with Gasteiger partial charge in [0, 0.05) is 6.42 Å². The minimum atomic E-state index is -1.12. The molecule has 1 amide bonds. The Morgan fingerprint density at radius 2 is 2.23 bits per heavy atom. The van der Waals surface area contributed by atoms with Crippen molar-refractivity contribution in [1.82, 2.24) is 4.90 Å². The number of nitrogens with zero attached hydrogens (tertiary/aromatic N) is 2. The van der Waals surface area contributed by atoms with Gasteiger partial charge < -0.3 is 14.6 Å². The number of carbonyl (C=O) groups excluding carboxylic acids is 1. The normalized spacial score (nSPS) is 15.2. The van der Waals surface area contributed by atoms with Gasteiger partial charge in [0.1, 0.15) is 10.9 Å². The Morgan fingerprint density at radius 1 is 1.46 bits per heavy atom. The first kappa shape index (κ1) is 19.8. The number of benzene rings is 1. The molecule has 26 heavy (non-hydrogen) atoms. The van der Waals surface area contributed by atoms with Gasteiger partial charge in [0.2, 0.25) is 0 Å². The van der Waals surface area contributed by atoms with Crippen molar-refractivity contribution in [2.24, 2.45) is 0 Å². The lowest BCUT2D eigenvalue weighted by atomic mass is 10.2. The van der Waals surface area contributed by atoms with Crippen molar-refractivity contribution in [3.05, 3.63) is 28.7 Å². The molecule has 1 saturated heterocycles. The Kier molecular flexibility index (Phi) is 7.00. The fraction of sp³-hybridized carbons (Fsp3) is 0.294. The van der Waals surface area contributed by atoms with Crippen LogP contribution in [0.2, 0.25) is 0 Å². The molecule has 0 radical (unpaired) electrons. The number of amides is 1. The van der Waals surface area contributed by atoms with Crippen LogP contribution >= 0.6 is 24.0 Å². The summed E-state index contributed by atoms with van der Waals surface area (Å²) in [5.41, 5.74) is 0.696. The topological polar surface area (TPSA) is 99.9 Å². The number of rotatable bonds is 8. The minimum Gasteiger partial charge on any atom is -0.493 e. The quantitative estimate of drug-likeness (QED) is 0.409. The second-order valence-corrected chi connectivity index (χ2v) is 6.86. The molecule has 0 bridgehead atoms. The summed E-state index contributed by atoms with van der Waals surface area (Å²) in [6.45, 7) is -0.0576. The van der Waals surface area contributed by atoms with Crippen molar-refractivity contribution in [3.8, 4) is 17.6 Å². The summed E-state index contributed by atoms with van der Waals surface area (Å²) in [6, 6.07) is 7.24. The standard InChI is InChI=1S/C17H16N2O5S2/c1-23-13-8-11(4-5-12(13)24-7-3-2-6-18)9-14-16(22)19(10-15(20)21)17(25)26-14/h4-5,8-9H,2-3,7,10H2,1H3,(H,20,21)/b14-9+. The maximum Gasteiger partial charge on any atom is 0.323 e. The van der Waals surface area contributed by atoms with Crippen molar-refractivity contribution >= 4 is 46.3 Å². The summed E-state index contributed by atoms with van der Waals surface area (Å²) in [6.07, 6.45) is 2.66. The molecule has 2 rings (SSSR count). The van der Waals surface area contributed by atoms with Crippen molar-refractivity contribution in [2.75, 3.05) is 20.3 Å². The van der Waals surface area contributed by atoms with Gasteiger partial charge in [0.25, 0.3) is 5.91 Å². The summed E-state index contributed by atoms with van der Waals surface area (Å²) < 4.78 is 11.1. The largest absolute Gasteiger partial charge is 0.493 e. The molecular formula is C17H16N2O5S2. The summed E-state index contributed by atoms with van der Waals surface area (Å²) in [5, 5.41) is 17.4. The molecule has 1 aliphatic heterocycles. The first-order chi connectivity index (χ1) is 12.5. The molecule has 0 spiro atoms. The zero-order valence-corrected chi connectivity index (χ0v) is 15.6. The van der Waals surface area contributed by atoms with Crippen LogP contribution in [0.1, 0.15) is 18.4 Å². The number of thioether (sulfide) groups is 1. The number of nitriles is 1. The van der Waals surface area contributed by atoms with Crippen molar-refractivity contribution < 1.29 is 24.2 Å². The van der Waals surface area contributed by atoms with Crippen LogP contribution in [-0.4, -0.2) is 46.5 Å². The molecule has 0 unspecified atom stereocenters. The molecule has 0 aliphatic carbocycles. The average molecular weight is 392 g/mol. The Morgan fingerprint density at radius 3 is 2.88 bits per heavy atom. The summed E-state index contributed by atoms with van der Waals surface area (Å²) in [7, 11) is 1.51. The van der Waals surface area contributed by atoms with Gasteiger partial charge in [0.05, 0.1) is 24.7 Å². The number of carboxylic acids is 1.